The van der Waals surface area contributed by atoms with Gasteiger partial charge in [-0.1, -0.05) is 0 Å². The molecule has 0 radical (unpaired) electrons. The van der Waals surface area contributed by atoms with Crippen molar-refractivity contribution in [2.75, 3.05) is 35.0 Å². The predicted octanol–water partition coefficient (Wildman–Crippen LogP) is 2.14. The Morgan fingerprint density at radius 1 is 1.00 bits per heavy atom. The molecule has 0 aliphatic carbocycles. The Balaban J connectivity index is 2.95. The van der Waals surface area contributed by atoms with Crippen LogP contribution in [0, 0.1) is 0 Å². The molecule has 1 aromatic rings. The first-order valence-corrected chi connectivity index (χ1v) is 6.22. The Morgan fingerprint density at radius 3 is 2.00 bits per heavy atom. The molecule has 0 amide bonds. The van der Waals surface area contributed by atoms with E-state index in [2.05, 4.69) is 0 Å². The highest BCUT2D eigenvalue weighted by Gasteiger charge is 2.16. The molecule has 1 atom stereocenters. The zero-order valence-electron chi connectivity index (χ0n) is 12.1. The predicted molar refractivity (Wildman–Crippen MR) is 74.1 cm³/mol. The van der Waals surface area contributed by atoms with Crippen molar-refractivity contribution >= 4 is 0 Å². The summed E-state index contributed by atoms with van der Waals surface area (Å²) in [5.41, 5.74) is 7.13. The first-order chi connectivity index (χ1) is 9.17. The Hall–Kier alpha value is -1.46. The third kappa shape index (κ3) is 4.01. The summed E-state index contributed by atoms with van der Waals surface area (Å²) in [7, 11) is 6.46. The molecule has 2 N–H and O–H groups in total. The van der Waals surface area contributed by atoms with Crippen molar-refractivity contribution in [3.05, 3.63) is 17.7 Å². The first kappa shape index (κ1) is 15.6. The SMILES string of the molecule is COCCCC(N)c1cc(OC)c(OC)c(OC)c1. The number of methoxy groups -OCH3 is 4. The van der Waals surface area contributed by atoms with Crippen LogP contribution in [-0.4, -0.2) is 35.0 Å². The Kier molecular flexibility index (Phi) is 6.45. The maximum Gasteiger partial charge on any atom is 0.203 e. The van der Waals surface area contributed by atoms with Gasteiger partial charge < -0.3 is 24.7 Å². The van der Waals surface area contributed by atoms with E-state index in [1.54, 1.807) is 28.4 Å². The van der Waals surface area contributed by atoms with Crippen molar-refractivity contribution < 1.29 is 18.9 Å². The van der Waals surface area contributed by atoms with Crippen molar-refractivity contribution in [1.29, 1.82) is 0 Å². The summed E-state index contributed by atoms with van der Waals surface area (Å²) in [6.07, 6.45) is 1.75. The summed E-state index contributed by atoms with van der Waals surface area (Å²) >= 11 is 0. The molecule has 5 heteroatoms. The monoisotopic (exact) mass is 269 g/mol. The summed E-state index contributed by atoms with van der Waals surface area (Å²) in [5, 5.41) is 0. The summed E-state index contributed by atoms with van der Waals surface area (Å²) in [5.74, 6) is 1.83. The van der Waals surface area contributed by atoms with Gasteiger partial charge in [-0.25, -0.2) is 0 Å². The third-order valence-electron chi connectivity index (χ3n) is 2.98. The van der Waals surface area contributed by atoms with E-state index in [9.17, 15) is 0 Å². The summed E-state index contributed by atoms with van der Waals surface area (Å²) < 4.78 is 20.9. The standard InChI is InChI=1S/C14H23NO4/c1-16-7-5-6-11(15)10-8-12(17-2)14(19-4)13(9-10)18-3/h8-9,11H,5-7,15H2,1-4H3. The van der Waals surface area contributed by atoms with Gasteiger partial charge in [0.15, 0.2) is 11.5 Å². The van der Waals surface area contributed by atoms with Crippen LogP contribution in [0.25, 0.3) is 0 Å². The quantitative estimate of drug-likeness (QED) is 0.733. The minimum Gasteiger partial charge on any atom is -0.493 e. The molecule has 1 rings (SSSR count). The average Bonchev–Trinajstić information content (AvgIpc) is 2.45. The Labute approximate surface area is 114 Å². The van der Waals surface area contributed by atoms with E-state index in [1.165, 1.54) is 0 Å². The number of nitrogens with two attached hydrogens (primary N) is 1. The van der Waals surface area contributed by atoms with Gasteiger partial charge in [0.25, 0.3) is 0 Å². The van der Waals surface area contributed by atoms with Crippen molar-refractivity contribution in [1.82, 2.24) is 0 Å². The maximum absolute atomic E-state index is 6.17. The molecule has 0 saturated heterocycles. The van der Waals surface area contributed by atoms with Crippen LogP contribution >= 0.6 is 0 Å². The van der Waals surface area contributed by atoms with Gasteiger partial charge in [0.05, 0.1) is 21.3 Å². The largest absolute Gasteiger partial charge is 0.493 e. The molecule has 0 bridgehead atoms. The topological polar surface area (TPSA) is 62.9 Å². The van der Waals surface area contributed by atoms with E-state index in [-0.39, 0.29) is 6.04 Å². The second-order valence-electron chi connectivity index (χ2n) is 4.20. The fourth-order valence-corrected chi connectivity index (χ4v) is 1.93. The molecule has 0 aliphatic heterocycles. The lowest BCUT2D eigenvalue weighted by atomic mass is 10.0. The molecule has 0 aromatic heterocycles. The molecular formula is C14H23NO4. The maximum atomic E-state index is 6.17. The minimum absolute atomic E-state index is 0.0798. The van der Waals surface area contributed by atoms with E-state index < -0.39 is 0 Å². The molecule has 19 heavy (non-hydrogen) atoms. The molecule has 1 unspecified atom stereocenters. The van der Waals surface area contributed by atoms with Crippen LogP contribution in [0.5, 0.6) is 17.2 Å². The van der Waals surface area contributed by atoms with Crippen LogP contribution in [0.1, 0.15) is 24.4 Å². The fourth-order valence-electron chi connectivity index (χ4n) is 1.93. The van der Waals surface area contributed by atoms with Crippen molar-refractivity contribution in [2.24, 2.45) is 5.73 Å². The fraction of sp³-hybridized carbons (Fsp3) is 0.571. The van der Waals surface area contributed by atoms with E-state index in [4.69, 9.17) is 24.7 Å². The van der Waals surface area contributed by atoms with E-state index >= 15 is 0 Å². The molecule has 5 nitrogen and oxygen atoms in total. The van der Waals surface area contributed by atoms with Crippen LogP contribution in [0.4, 0.5) is 0 Å². The van der Waals surface area contributed by atoms with Gasteiger partial charge in [0.1, 0.15) is 0 Å². The van der Waals surface area contributed by atoms with E-state index in [0.717, 1.165) is 18.4 Å². The second-order valence-corrected chi connectivity index (χ2v) is 4.20. The smallest absolute Gasteiger partial charge is 0.203 e. The van der Waals surface area contributed by atoms with Crippen molar-refractivity contribution in [3.63, 3.8) is 0 Å². The van der Waals surface area contributed by atoms with E-state index in [1.807, 2.05) is 12.1 Å². The van der Waals surface area contributed by atoms with Crippen LogP contribution in [0.2, 0.25) is 0 Å². The average molecular weight is 269 g/mol. The highest BCUT2D eigenvalue weighted by atomic mass is 16.5. The van der Waals surface area contributed by atoms with Gasteiger partial charge in [-0.15, -0.1) is 0 Å². The number of ether oxygens (including phenoxy) is 4. The summed E-state index contributed by atoms with van der Waals surface area (Å²) in [6, 6.07) is 3.70. The Bertz CT molecular complexity index is 370. The zero-order chi connectivity index (χ0) is 14.3. The van der Waals surface area contributed by atoms with Crippen LogP contribution in [0.15, 0.2) is 12.1 Å². The number of benzene rings is 1. The van der Waals surface area contributed by atoms with Gasteiger partial charge in [-0.05, 0) is 30.5 Å². The first-order valence-electron chi connectivity index (χ1n) is 6.22. The molecule has 0 aliphatic rings. The molecular weight excluding hydrogens is 246 g/mol. The highest BCUT2D eigenvalue weighted by Crippen LogP contribution is 2.39. The lowest BCUT2D eigenvalue weighted by molar-refractivity contribution is 0.190. The molecule has 0 heterocycles. The van der Waals surface area contributed by atoms with Gasteiger partial charge in [-0.2, -0.15) is 0 Å². The normalized spacial score (nSPS) is 12.1. The lowest BCUT2D eigenvalue weighted by Gasteiger charge is -2.17. The molecule has 108 valence electrons. The zero-order valence-corrected chi connectivity index (χ0v) is 12.1. The Morgan fingerprint density at radius 2 is 1.58 bits per heavy atom. The second kappa shape index (κ2) is 7.86. The lowest BCUT2D eigenvalue weighted by Crippen LogP contribution is -2.12. The van der Waals surface area contributed by atoms with Gasteiger partial charge >= 0.3 is 0 Å². The van der Waals surface area contributed by atoms with Gasteiger partial charge in [0, 0.05) is 19.8 Å². The molecule has 0 saturated carbocycles. The van der Waals surface area contributed by atoms with Gasteiger partial charge in [0.2, 0.25) is 5.75 Å². The minimum atomic E-state index is -0.0798. The van der Waals surface area contributed by atoms with Crippen LogP contribution < -0.4 is 19.9 Å². The van der Waals surface area contributed by atoms with Crippen LogP contribution in [0.3, 0.4) is 0 Å². The third-order valence-corrected chi connectivity index (χ3v) is 2.98. The summed E-state index contributed by atoms with van der Waals surface area (Å²) in [4.78, 5) is 0. The summed E-state index contributed by atoms with van der Waals surface area (Å²) in [6.45, 7) is 0.706. The van der Waals surface area contributed by atoms with Crippen molar-refractivity contribution in [3.8, 4) is 17.2 Å². The highest BCUT2D eigenvalue weighted by molar-refractivity contribution is 5.54. The van der Waals surface area contributed by atoms with Crippen molar-refractivity contribution in [2.45, 2.75) is 18.9 Å². The van der Waals surface area contributed by atoms with Crippen LogP contribution in [-0.2, 0) is 4.74 Å². The number of hydrogen-bond donors (Lipinski definition) is 1. The van der Waals surface area contributed by atoms with Gasteiger partial charge in [-0.3, -0.25) is 0 Å². The number of hydrogen-bond acceptors (Lipinski definition) is 5. The molecule has 0 spiro atoms. The van der Waals surface area contributed by atoms with E-state index in [0.29, 0.717) is 23.9 Å². The molecule has 1 aromatic carbocycles. The molecule has 0 fully saturated rings. The number of rotatable bonds is 8.